The minimum Gasteiger partial charge on any atom is -0.440 e. The minimum atomic E-state index is 0.320. The zero-order chi connectivity index (χ0) is 11.1. The number of rotatable bonds is 1. The van der Waals surface area contributed by atoms with Gasteiger partial charge in [0.15, 0.2) is 11.5 Å². The molecule has 1 saturated carbocycles. The molecule has 3 nitrogen and oxygen atoms in total. The lowest BCUT2D eigenvalue weighted by atomic mass is 10.1. The molecule has 1 fully saturated rings. The molecule has 0 spiro atoms. The van der Waals surface area contributed by atoms with E-state index >= 15 is 0 Å². The average Bonchev–Trinajstić information content (AvgIpc) is 2.84. The van der Waals surface area contributed by atoms with Crippen LogP contribution < -0.4 is 5.73 Å². The van der Waals surface area contributed by atoms with Gasteiger partial charge in [-0.25, -0.2) is 4.98 Å². The highest BCUT2D eigenvalue weighted by Crippen LogP contribution is 2.34. The van der Waals surface area contributed by atoms with Crippen LogP contribution in [0.25, 0.3) is 11.1 Å². The summed E-state index contributed by atoms with van der Waals surface area (Å²) >= 11 is 0. The predicted octanol–water partition coefficient (Wildman–Crippen LogP) is 2.73. The summed E-state index contributed by atoms with van der Waals surface area (Å²) in [5.74, 6) is 1.29. The van der Waals surface area contributed by atoms with Crippen molar-refractivity contribution in [1.82, 2.24) is 4.98 Å². The fraction of sp³-hybridized carbons (Fsp3) is 0.462. The van der Waals surface area contributed by atoms with E-state index in [0.717, 1.165) is 36.3 Å². The number of benzene rings is 1. The number of nitrogens with two attached hydrogens (primary N) is 1. The molecule has 0 unspecified atom stereocenters. The van der Waals surface area contributed by atoms with Crippen LogP contribution in [0.2, 0.25) is 0 Å². The Labute approximate surface area is 94.7 Å². The van der Waals surface area contributed by atoms with Crippen LogP contribution in [0.5, 0.6) is 0 Å². The van der Waals surface area contributed by atoms with Crippen LogP contribution in [0.1, 0.15) is 36.6 Å². The van der Waals surface area contributed by atoms with Crippen LogP contribution in [0.3, 0.4) is 0 Å². The molecule has 1 aliphatic rings. The van der Waals surface area contributed by atoms with Gasteiger partial charge in [-0.05, 0) is 37.8 Å². The van der Waals surface area contributed by atoms with Crippen LogP contribution in [0.4, 0.5) is 0 Å². The summed E-state index contributed by atoms with van der Waals surface area (Å²) in [5.41, 5.74) is 8.99. The summed E-state index contributed by atoms with van der Waals surface area (Å²) in [6.45, 7) is 2.06. The van der Waals surface area contributed by atoms with Crippen molar-refractivity contribution in [3.05, 3.63) is 29.7 Å². The molecule has 0 amide bonds. The Kier molecular flexibility index (Phi) is 2.21. The number of nitrogens with zero attached hydrogens (tertiary/aromatic N) is 1. The summed E-state index contributed by atoms with van der Waals surface area (Å²) in [6.07, 6.45) is 3.20. The molecule has 1 aromatic carbocycles. The second-order valence-corrected chi connectivity index (χ2v) is 4.74. The lowest BCUT2D eigenvalue weighted by molar-refractivity contribution is 0.471. The standard InChI is InChI=1S/C13H16N2O/c1-8-3-2-4-11-12(8)15-13(16-11)9-5-6-10(14)7-9/h2-4,9-10H,5-7,14H2,1H3/t9-,10+/m1/s1. The Hall–Kier alpha value is -1.35. The molecule has 1 heterocycles. The van der Waals surface area contributed by atoms with Crippen molar-refractivity contribution in [2.24, 2.45) is 5.73 Å². The quantitative estimate of drug-likeness (QED) is 0.797. The summed E-state index contributed by atoms with van der Waals surface area (Å²) in [4.78, 5) is 4.61. The Bertz CT molecular complexity index is 518. The number of hydrogen-bond donors (Lipinski definition) is 1. The summed E-state index contributed by atoms with van der Waals surface area (Å²) < 4.78 is 5.81. The van der Waals surface area contributed by atoms with Gasteiger partial charge in [-0.2, -0.15) is 0 Å². The molecule has 0 aliphatic heterocycles. The van der Waals surface area contributed by atoms with Crippen LogP contribution in [-0.2, 0) is 0 Å². The number of aromatic nitrogens is 1. The maximum Gasteiger partial charge on any atom is 0.198 e. The molecule has 1 aromatic heterocycles. The molecule has 2 aromatic rings. The topological polar surface area (TPSA) is 52.0 Å². The van der Waals surface area contributed by atoms with Crippen molar-refractivity contribution in [3.63, 3.8) is 0 Å². The number of fused-ring (bicyclic) bond motifs is 1. The summed E-state index contributed by atoms with van der Waals surface area (Å²) in [7, 11) is 0. The Morgan fingerprint density at radius 2 is 2.25 bits per heavy atom. The second-order valence-electron chi connectivity index (χ2n) is 4.74. The van der Waals surface area contributed by atoms with Crippen molar-refractivity contribution in [3.8, 4) is 0 Å². The molecule has 2 atom stereocenters. The number of aryl methyl sites for hydroxylation is 1. The average molecular weight is 216 g/mol. The maximum absolute atomic E-state index is 5.92. The molecule has 84 valence electrons. The van der Waals surface area contributed by atoms with Crippen molar-refractivity contribution in [1.29, 1.82) is 0 Å². The fourth-order valence-electron chi connectivity index (χ4n) is 2.52. The van der Waals surface area contributed by atoms with Crippen LogP contribution >= 0.6 is 0 Å². The maximum atomic E-state index is 5.92. The van der Waals surface area contributed by atoms with Crippen molar-refractivity contribution < 1.29 is 4.42 Å². The third-order valence-corrected chi connectivity index (χ3v) is 3.46. The molecule has 0 saturated heterocycles. The van der Waals surface area contributed by atoms with E-state index in [2.05, 4.69) is 18.0 Å². The van der Waals surface area contributed by atoms with Crippen LogP contribution in [-0.4, -0.2) is 11.0 Å². The first-order valence-corrected chi connectivity index (χ1v) is 5.85. The second kappa shape index (κ2) is 3.59. The van der Waals surface area contributed by atoms with Gasteiger partial charge in [-0.15, -0.1) is 0 Å². The van der Waals surface area contributed by atoms with E-state index in [1.54, 1.807) is 0 Å². The third kappa shape index (κ3) is 1.52. The van der Waals surface area contributed by atoms with Crippen molar-refractivity contribution in [2.75, 3.05) is 0 Å². The smallest absolute Gasteiger partial charge is 0.198 e. The molecule has 0 bridgehead atoms. The molecule has 1 aliphatic carbocycles. The van der Waals surface area contributed by atoms with Gasteiger partial charge in [0.25, 0.3) is 0 Å². The number of oxazole rings is 1. The van der Waals surface area contributed by atoms with Gasteiger partial charge in [0, 0.05) is 12.0 Å². The molecule has 2 N–H and O–H groups in total. The van der Waals surface area contributed by atoms with E-state index < -0.39 is 0 Å². The zero-order valence-electron chi connectivity index (χ0n) is 9.44. The van der Waals surface area contributed by atoms with Gasteiger partial charge >= 0.3 is 0 Å². The van der Waals surface area contributed by atoms with Crippen LogP contribution in [0.15, 0.2) is 22.6 Å². The number of para-hydroxylation sites is 1. The van der Waals surface area contributed by atoms with Crippen LogP contribution in [0, 0.1) is 6.92 Å². The molecule has 0 radical (unpaired) electrons. The zero-order valence-corrected chi connectivity index (χ0v) is 9.44. The van der Waals surface area contributed by atoms with E-state index in [-0.39, 0.29) is 0 Å². The summed E-state index contributed by atoms with van der Waals surface area (Å²) in [6, 6.07) is 6.37. The van der Waals surface area contributed by atoms with Gasteiger partial charge in [0.05, 0.1) is 0 Å². The number of hydrogen-bond acceptors (Lipinski definition) is 3. The molecule has 3 rings (SSSR count). The van der Waals surface area contributed by atoms with Gasteiger partial charge in [-0.3, -0.25) is 0 Å². The first kappa shape index (κ1) is 9.85. The normalized spacial score (nSPS) is 25.4. The third-order valence-electron chi connectivity index (χ3n) is 3.46. The highest BCUT2D eigenvalue weighted by atomic mass is 16.3. The Morgan fingerprint density at radius 3 is 2.94 bits per heavy atom. The lowest BCUT2D eigenvalue weighted by Crippen LogP contribution is -2.14. The van der Waals surface area contributed by atoms with Crippen molar-refractivity contribution >= 4 is 11.1 Å². The van der Waals surface area contributed by atoms with E-state index in [1.165, 1.54) is 5.56 Å². The van der Waals surface area contributed by atoms with E-state index in [1.807, 2.05) is 12.1 Å². The van der Waals surface area contributed by atoms with E-state index in [9.17, 15) is 0 Å². The highest BCUT2D eigenvalue weighted by molar-refractivity contribution is 5.76. The molecular weight excluding hydrogens is 200 g/mol. The first-order valence-electron chi connectivity index (χ1n) is 5.85. The minimum absolute atomic E-state index is 0.320. The van der Waals surface area contributed by atoms with Gasteiger partial charge < -0.3 is 10.2 Å². The van der Waals surface area contributed by atoms with Crippen molar-refractivity contribution in [2.45, 2.75) is 38.1 Å². The monoisotopic (exact) mass is 216 g/mol. The largest absolute Gasteiger partial charge is 0.440 e. The highest BCUT2D eigenvalue weighted by Gasteiger charge is 2.27. The molecule has 3 heteroatoms. The molecule has 16 heavy (non-hydrogen) atoms. The first-order chi connectivity index (χ1) is 7.74. The SMILES string of the molecule is Cc1cccc2oc([C@@H]3CC[C@H](N)C3)nc12. The lowest BCUT2D eigenvalue weighted by Gasteiger charge is -2.02. The predicted molar refractivity (Wildman–Crippen MR) is 63.3 cm³/mol. The van der Waals surface area contributed by atoms with Gasteiger partial charge in [0.2, 0.25) is 0 Å². The van der Waals surface area contributed by atoms with Gasteiger partial charge in [0.1, 0.15) is 5.52 Å². The van der Waals surface area contributed by atoms with E-state index in [0.29, 0.717) is 12.0 Å². The van der Waals surface area contributed by atoms with E-state index in [4.69, 9.17) is 10.2 Å². The van der Waals surface area contributed by atoms with Gasteiger partial charge in [-0.1, -0.05) is 12.1 Å². The summed E-state index contributed by atoms with van der Waals surface area (Å²) in [5, 5.41) is 0. The Balaban J connectivity index is 2.02. The Morgan fingerprint density at radius 1 is 1.38 bits per heavy atom. The fourth-order valence-corrected chi connectivity index (χ4v) is 2.52. The molecular formula is C13H16N2O.